The van der Waals surface area contributed by atoms with Gasteiger partial charge in [0.05, 0.1) is 21.1 Å². The number of anilines is 1. The van der Waals surface area contributed by atoms with Gasteiger partial charge in [-0.2, -0.15) is 0 Å². The maximum Gasteiger partial charge on any atom is 0.294 e. The van der Waals surface area contributed by atoms with Crippen molar-refractivity contribution in [3.05, 3.63) is 85.4 Å². The topological polar surface area (TPSA) is 123 Å². The van der Waals surface area contributed by atoms with Gasteiger partial charge in [0.15, 0.2) is 0 Å². The summed E-state index contributed by atoms with van der Waals surface area (Å²) < 4.78 is 6.36. The average Bonchev–Trinajstić information content (AvgIpc) is 3.35. The number of furan rings is 1. The SMILES string of the molecule is Cc1ccc(-c2ccc(/C=C3/SC(=O)N(CC(=O)Nc4ccccc4Br)C3=O)o2)c([N+](=O)[O-])c1. The van der Waals surface area contributed by atoms with E-state index in [1.807, 2.05) is 0 Å². The second-order valence-electron chi connectivity index (χ2n) is 7.28. The molecule has 9 nitrogen and oxygen atoms in total. The van der Waals surface area contributed by atoms with Crippen LogP contribution in [0.5, 0.6) is 0 Å². The fourth-order valence-corrected chi connectivity index (χ4v) is 4.44. The van der Waals surface area contributed by atoms with Gasteiger partial charge in [0, 0.05) is 16.6 Å². The summed E-state index contributed by atoms with van der Waals surface area (Å²) in [4.78, 5) is 49.3. The molecular formula is C23H16BrN3O6S. The van der Waals surface area contributed by atoms with E-state index in [-0.39, 0.29) is 22.1 Å². The molecule has 1 fully saturated rings. The van der Waals surface area contributed by atoms with Crippen LogP contribution in [0.25, 0.3) is 17.4 Å². The molecule has 1 aliphatic rings. The molecule has 4 rings (SSSR count). The number of para-hydroxylation sites is 1. The minimum atomic E-state index is -0.628. The lowest BCUT2D eigenvalue weighted by Crippen LogP contribution is -2.36. The quantitative estimate of drug-likeness (QED) is 0.244. The summed E-state index contributed by atoms with van der Waals surface area (Å²) in [6.45, 7) is 1.31. The lowest BCUT2D eigenvalue weighted by atomic mass is 10.1. The molecule has 1 aromatic heterocycles. The summed E-state index contributed by atoms with van der Waals surface area (Å²) in [6.07, 6.45) is 1.38. The number of carbonyl (C=O) groups is 3. The van der Waals surface area contributed by atoms with Crippen LogP contribution in [0, 0.1) is 17.0 Å². The van der Waals surface area contributed by atoms with Gasteiger partial charge in [-0.1, -0.05) is 18.2 Å². The van der Waals surface area contributed by atoms with E-state index >= 15 is 0 Å². The zero-order chi connectivity index (χ0) is 24.4. The Balaban J connectivity index is 1.50. The Morgan fingerprint density at radius 1 is 1.21 bits per heavy atom. The van der Waals surface area contributed by atoms with E-state index < -0.39 is 28.5 Å². The number of rotatable bonds is 6. The number of hydrogen-bond donors (Lipinski definition) is 1. The summed E-state index contributed by atoms with van der Waals surface area (Å²) in [5.74, 6) is -0.656. The van der Waals surface area contributed by atoms with Crippen molar-refractivity contribution in [2.75, 3.05) is 11.9 Å². The third kappa shape index (κ3) is 4.95. The van der Waals surface area contributed by atoms with Crippen LogP contribution in [-0.2, 0) is 9.59 Å². The number of nitro benzene ring substituents is 1. The van der Waals surface area contributed by atoms with Crippen molar-refractivity contribution in [2.45, 2.75) is 6.92 Å². The third-order valence-electron chi connectivity index (χ3n) is 4.84. The molecule has 0 aliphatic carbocycles. The average molecular weight is 542 g/mol. The fourth-order valence-electron chi connectivity index (χ4n) is 3.24. The fraction of sp³-hybridized carbons (Fsp3) is 0.0870. The van der Waals surface area contributed by atoms with Crippen molar-refractivity contribution < 1.29 is 23.7 Å². The lowest BCUT2D eigenvalue weighted by Gasteiger charge is -2.13. The largest absolute Gasteiger partial charge is 0.456 e. The predicted octanol–water partition coefficient (Wildman–Crippen LogP) is 5.60. The van der Waals surface area contributed by atoms with E-state index in [2.05, 4.69) is 21.2 Å². The molecule has 0 spiro atoms. The third-order valence-corrected chi connectivity index (χ3v) is 6.44. The molecule has 2 aromatic carbocycles. The van der Waals surface area contributed by atoms with Crippen LogP contribution in [0.1, 0.15) is 11.3 Å². The Labute approximate surface area is 206 Å². The Hall–Kier alpha value is -3.70. The van der Waals surface area contributed by atoms with E-state index in [0.717, 1.165) is 10.5 Å². The molecule has 3 amide bonds. The molecule has 0 radical (unpaired) electrons. The molecule has 1 saturated heterocycles. The van der Waals surface area contributed by atoms with Crippen molar-refractivity contribution >= 4 is 62.2 Å². The maximum absolute atomic E-state index is 12.7. The van der Waals surface area contributed by atoms with Crippen LogP contribution in [0.2, 0.25) is 0 Å². The highest BCUT2D eigenvalue weighted by molar-refractivity contribution is 9.10. The van der Waals surface area contributed by atoms with Gasteiger partial charge in [-0.3, -0.25) is 29.4 Å². The summed E-state index contributed by atoms with van der Waals surface area (Å²) >= 11 is 4.00. The summed E-state index contributed by atoms with van der Waals surface area (Å²) in [5, 5.41) is 13.5. The summed E-state index contributed by atoms with van der Waals surface area (Å²) in [6, 6.07) is 14.8. The molecule has 34 heavy (non-hydrogen) atoms. The van der Waals surface area contributed by atoms with Gasteiger partial charge in [-0.15, -0.1) is 0 Å². The van der Waals surface area contributed by atoms with E-state index in [9.17, 15) is 24.5 Å². The second kappa shape index (κ2) is 9.65. The zero-order valence-electron chi connectivity index (χ0n) is 17.6. The molecule has 3 aromatic rings. The molecule has 1 aliphatic heterocycles. The van der Waals surface area contributed by atoms with Crippen LogP contribution >= 0.6 is 27.7 Å². The number of hydrogen-bond acceptors (Lipinski definition) is 7. The Morgan fingerprint density at radius 3 is 2.71 bits per heavy atom. The Kier molecular flexibility index (Phi) is 6.66. The number of thioether (sulfide) groups is 1. The van der Waals surface area contributed by atoms with E-state index in [4.69, 9.17) is 4.42 Å². The lowest BCUT2D eigenvalue weighted by molar-refractivity contribution is -0.384. The van der Waals surface area contributed by atoms with Crippen LogP contribution in [-0.4, -0.2) is 33.4 Å². The van der Waals surface area contributed by atoms with Crippen LogP contribution in [0.4, 0.5) is 16.2 Å². The first kappa shape index (κ1) is 23.5. The standard InChI is InChI=1S/C23H16BrN3O6S/c1-13-6-8-15(18(10-13)27(31)32)19-9-7-14(33-19)11-20-22(29)26(23(30)34-20)12-21(28)25-17-5-3-2-4-16(17)24/h2-11H,12H2,1H3,(H,25,28)/b20-11+. The van der Waals surface area contributed by atoms with E-state index in [0.29, 0.717) is 27.5 Å². The molecule has 0 bridgehead atoms. The smallest absolute Gasteiger partial charge is 0.294 e. The Bertz CT molecular complexity index is 1370. The van der Waals surface area contributed by atoms with Gasteiger partial charge in [-0.25, -0.2) is 0 Å². The van der Waals surface area contributed by atoms with Gasteiger partial charge < -0.3 is 9.73 Å². The molecule has 2 heterocycles. The van der Waals surface area contributed by atoms with Crippen molar-refractivity contribution in [3.63, 3.8) is 0 Å². The number of amides is 3. The normalized spacial score (nSPS) is 14.6. The van der Waals surface area contributed by atoms with Crippen LogP contribution < -0.4 is 5.32 Å². The first-order valence-corrected chi connectivity index (χ1v) is 11.5. The van der Waals surface area contributed by atoms with Crippen molar-refractivity contribution in [2.24, 2.45) is 0 Å². The number of halogens is 1. The first-order valence-electron chi connectivity index (χ1n) is 9.88. The Morgan fingerprint density at radius 2 is 1.97 bits per heavy atom. The predicted molar refractivity (Wildman–Crippen MR) is 131 cm³/mol. The van der Waals surface area contributed by atoms with E-state index in [1.165, 1.54) is 12.1 Å². The highest BCUT2D eigenvalue weighted by atomic mass is 79.9. The number of imide groups is 1. The second-order valence-corrected chi connectivity index (χ2v) is 9.12. The van der Waals surface area contributed by atoms with Crippen LogP contribution in [0.3, 0.4) is 0 Å². The number of nitrogens with one attached hydrogen (secondary N) is 1. The van der Waals surface area contributed by atoms with Gasteiger partial charge in [0.1, 0.15) is 18.1 Å². The highest BCUT2D eigenvalue weighted by Gasteiger charge is 2.36. The zero-order valence-corrected chi connectivity index (χ0v) is 20.0. The minimum Gasteiger partial charge on any atom is -0.456 e. The summed E-state index contributed by atoms with van der Waals surface area (Å²) in [5.41, 5.74) is 1.45. The molecule has 11 heteroatoms. The van der Waals surface area contributed by atoms with Crippen LogP contribution in [0.15, 0.2) is 68.4 Å². The number of nitrogens with zero attached hydrogens (tertiary/aromatic N) is 2. The van der Waals surface area contributed by atoms with Gasteiger partial charge in [0.2, 0.25) is 5.91 Å². The van der Waals surface area contributed by atoms with E-state index in [1.54, 1.807) is 55.5 Å². The summed E-state index contributed by atoms with van der Waals surface area (Å²) in [7, 11) is 0. The molecule has 172 valence electrons. The number of aryl methyl sites for hydroxylation is 1. The number of carbonyl (C=O) groups excluding carboxylic acids is 3. The number of nitro groups is 1. The number of benzene rings is 2. The minimum absolute atomic E-state index is 0.0815. The highest BCUT2D eigenvalue weighted by Crippen LogP contribution is 2.35. The van der Waals surface area contributed by atoms with Crippen molar-refractivity contribution in [3.8, 4) is 11.3 Å². The first-order chi connectivity index (χ1) is 16.2. The van der Waals surface area contributed by atoms with Gasteiger partial charge >= 0.3 is 0 Å². The van der Waals surface area contributed by atoms with Gasteiger partial charge in [-0.05, 0) is 70.5 Å². The maximum atomic E-state index is 12.7. The molecule has 0 saturated carbocycles. The van der Waals surface area contributed by atoms with Crippen molar-refractivity contribution in [1.82, 2.24) is 4.90 Å². The molecule has 1 N–H and O–H groups in total. The molecule has 0 unspecified atom stereocenters. The van der Waals surface area contributed by atoms with Gasteiger partial charge in [0.25, 0.3) is 16.8 Å². The van der Waals surface area contributed by atoms with Crippen molar-refractivity contribution in [1.29, 1.82) is 0 Å². The molecular weight excluding hydrogens is 526 g/mol. The monoisotopic (exact) mass is 541 g/mol. The molecule has 0 atom stereocenters.